The second kappa shape index (κ2) is 4.59. The van der Waals surface area contributed by atoms with E-state index >= 15 is 0 Å². The van der Waals surface area contributed by atoms with Crippen LogP contribution in [0.3, 0.4) is 0 Å². The average Bonchev–Trinajstić information content (AvgIpc) is 2.90. The van der Waals surface area contributed by atoms with Crippen molar-refractivity contribution < 1.29 is 12.8 Å². The van der Waals surface area contributed by atoms with Crippen molar-refractivity contribution in [2.75, 3.05) is 4.72 Å². The molecule has 0 saturated carbocycles. The number of anilines is 1. The third-order valence-corrected chi connectivity index (χ3v) is 4.72. The van der Waals surface area contributed by atoms with Crippen molar-refractivity contribution in [2.24, 2.45) is 0 Å². The molecule has 3 rings (SSSR count). The molecule has 0 fully saturated rings. The van der Waals surface area contributed by atoms with E-state index in [9.17, 15) is 8.42 Å². The molecule has 110 valence electrons. The summed E-state index contributed by atoms with van der Waals surface area (Å²) in [4.78, 5) is 4.35. The Bertz CT molecular complexity index is 905. The number of aromatic amines is 1. The van der Waals surface area contributed by atoms with Gasteiger partial charge in [-0.3, -0.25) is 9.82 Å². The highest BCUT2D eigenvalue weighted by Gasteiger charge is 2.22. The minimum Gasteiger partial charge on any atom is -0.441 e. The number of nitrogens with one attached hydrogen (secondary N) is 2. The van der Waals surface area contributed by atoms with Crippen molar-refractivity contribution in [3.8, 4) is 0 Å². The van der Waals surface area contributed by atoms with Gasteiger partial charge in [-0.25, -0.2) is 13.4 Å². The fraction of sp³-hybridized carbons (Fsp3) is 0.231. The van der Waals surface area contributed by atoms with Crippen LogP contribution in [0.25, 0.3) is 11.1 Å². The molecule has 0 spiro atoms. The third kappa shape index (κ3) is 2.38. The second-order valence-corrected chi connectivity index (χ2v) is 6.40. The number of benzene rings is 1. The number of sulfonamides is 1. The quantitative estimate of drug-likeness (QED) is 0.773. The van der Waals surface area contributed by atoms with Crippen LogP contribution < -0.4 is 4.72 Å². The van der Waals surface area contributed by atoms with Gasteiger partial charge in [-0.05, 0) is 32.0 Å². The van der Waals surface area contributed by atoms with Gasteiger partial charge in [0.15, 0.2) is 11.5 Å². The molecule has 0 aliphatic carbocycles. The predicted octanol–water partition coefficient (Wildman–Crippen LogP) is 2.28. The first-order valence-electron chi connectivity index (χ1n) is 6.28. The molecule has 0 amide bonds. The summed E-state index contributed by atoms with van der Waals surface area (Å²) < 4.78 is 32.8. The molecule has 7 nitrogen and oxygen atoms in total. The molecule has 2 heterocycles. The summed E-state index contributed by atoms with van der Waals surface area (Å²) in [6, 6.07) is 4.95. The number of hydrogen-bond acceptors (Lipinski definition) is 5. The van der Waals surface area contributed by atoms with Crippen molar-refractivity contribution in [1.82, 2.24) is 15.2 Å². The largest absolute Gasteiger partial charge is 0.441 e. The number of rotatable bonds is 3. The summed E-state index contributed by atoms with van der Waals surface area (Å²) in [5.74, 6) is 0.534. The Morgan fingerprint density at radius 2 is 2.00 bits per heavy atom. The Kier molecular flexibility index (Phi) is 2.98. The summed E-state index contributed by atoms with van der Waals surface area (Å²) in [5, 5.41) is 6.57. The van der Waals surface area contributed by atoms with Gasteiger partial charge in [0.05, 0.1) is 17.1 Å². The zero-order valence-electron chi connectivity index (χ0n) is 11.8. The third-order valence-electron chi connectivity index (χ3n) is 3.08. The molecule has 3 aromatic rings. The van der Waals surface area contributed by atoms with Crippen molar-refractivity contribution in [3.63, 3.8) is 0 Å². The van der Waals surface area contributed by atoms with E-state index in [1.165, 1.54) is 0 Å². The lowest BCUT2D eigenvalue weighted by Crippen LogP contribution is -2.14. The first kappa shape index (κ1) is 13.6. The maximum Gasteiger partial charge on any atom is 0.265 e. The molecular formula is C13H14N4O3S. The molecule has 0 saturated heterocycles. The highest BCUT2D eigenvalue weighted by atomic mass is 32.2. The lowest BCUT2D eigenvalue weighted by molar-refractivity contribution is 0.561. The molecule has 1 aromatic carbocycles. The van der Waals surface area contributed by atoms with Gasteiger partial charge < -0.3 is 4.42 Å². The molecule has 0 atom stereocenters. The predicted molar refractivity (Wildman–Crippen MR) is 77.6 cm³/mol. The van der Waals surface area contributed by atoms with E-state index in [4.69, 9.17) is 4.42 Å². The number of hydrogen-bond donors (Lipinski definition) is 2. The van der Waals surface area contributed by atoms with Crippen LogP contribution in [0.2, 0.25) is 0 Å². The van der Waals surface area contributed by atoms with Gasteiger partial charge in [0.25, 0.3) is 10.0 Å². The number of nitrogens with zero attached hydrogens (tertiary/aromatic N) is 2. The maximum absolute atomic E-state index is 12.4. The van der Waals surface area contributed by atoms with Crippen LogP contribution in [0.5, 0.6) is 0 Å². The summed E-state index contributed by atoms with van der Waals surface area (Å²) in [6.45, 7) is 5.04. The van der Waals surface area contributed by atoms with Gasteiger partial charge >= 0.3 is 0 Å². The molecule has 0 aliphatic rings. The zero-order chi connectivity index (χ0) is 15.2. The molecule has 0 unspecified atom stereocenters. The van der Waals surface area contributed by atoms with Crippen molar-refractivity contribution in [2.45, 2.75) is 25.7 Å². The highest BCUT2D eigenvalue weighted by Crippen LogP contribution is 2.24. The van der Waals surface area contributed by atoms with E-state index in [0.717, 1.165) is 0 Å². The molecule has 8 heteroatoms. The number of aryl methyl sites for hydroxylation is 3. The van der Waals surface area contributed by atoms with Crippen LogP contribution in [-0.2, 0) is 10.0 Å². The Morgan fingerprint density at radius 3 is 2.67 bits per heavy atom. The molecule has 2 N–H and O–H groups in total. The van der Waals surface area contributed by atoms with E-state index in [1.54, 1.807) is 39.0 Å². The van der Waals surface area contributed by atoms with E-state index in [-0.39, 0.29) is 4.90 Å². The first-order valence-corrected chi connectivity index (χ1v) is 7.77. The number of H-pyrrole nitrogens is 1. The molecule has 0 aliphatic heterocycles. The van der Waals surface area contributed by atoms with Crippen LogP contribution in [0, 0.1) is 20.8 Å². The summed E-state index contributed by atoms with van der Waals surface area (Å²) in [7, 11) is -3.70. The molecule has 2 aromatic heterocycles. The Labute approximate surface area is 121 Å². The maximum atomic E-state index is 12.4. The molecule has 21 heavy (non-hydrogen) atoms. The summed E-state index contributed by atoms with van der Waals surface area (Å²) in [6.07, 6.45) is 0. The van der Waals surface area contributed by atoms with Gasteiger partial charge in [-0.2, -0.15) is 5.10 Å². The topological polar surface area (TPSA) is 101 Å². The average molecular weight is 306 g/mol. The van der Waals surface area contributed by atoms with Crippen molar-refractivity contribution in [3.05, 3.63) is 35.5 Å². The van der Waals surface area contributed by atoms with E-state index in [2.05, 4.69) is 19.9 Å². The van der Waals surface area contributed by atoms with Gasteiger partial charge in [0.1, 0.15) is 10.4 Å². The number of aromatic nitrogens is 3. The van der Waals surface area contributed by atoms with Crippen LogP contribution in [0.15, 0.2) is 27.5 Å². The Morgan fingerprint density at radius 1 is 1.24 bits per heavy atom. The van der Waals surface area contributed by atoms with E-state index in [1.807, 2.05) is 0 Å². The van der Waals surface area contributed by atoms with E-state index < -0.39 is 10.0 Å². The van der Waals surface area contributed by atoms with Gasteiger partial charge in [0.2, 0.25) is 0 Å². The van der Waals surface area contributed by atoms with Gasteiger partial charge in [0, 0.05) is 6.92 Å². The molecule has 0 bridgehead atoms. The van der Waals surface area contributed by atoms with Gasteiger partial charge in [-0.15, -0.1) is 0 Å². The SMILES string of the molecule is Cc1nc2cc(NS(=O)(=O)c3c(C)n[nH]c3C)ccc2o1. The standard InChI is InChI=1S/C13H14N4O3S/c1-7-13(8(2)16-15-7)21(18,19)17-10-4-5-12-11(6-10)14-9(3)20-12/h4-6,17H,1-3H3,(H,15,16). The number of fused-ring (bicyclic) bond motifs is 1. The monoisotopic (exact) mass is 306 g/mol. The first-order chi connectivity index (χ1) is 9.87. The van der Waals surface area contributed by atoms with E-state index in [0.29, 0.717) is 34.1 Å². The minimum absolute atomic E-state index is 0.166. The van der Waals surface area contributed by atoms with Crippen LogP contribution in [0.4, 0.5) is 5.69 Å². The Hall–Kier alpha value is -2.35. The van der Waals surface area contributed by atoms with Gasteiger partial charge in [-0.1, -0.05) is 0 Å². The fourth-order valence-electron chi connectivity index (χ4n) is 2.25. The minimum atomic E-state index is -3.70. The van der Waals surface area contributed by atoms with Crippen molar-refractivity contribution in [1.29, 1.82) is 0 Å². The molecule has 0 radical (unpaired) electrons. The lowest BCUT2D eigenvalue weighted by atomic mass is 10.3. The molecular weight excluding hydrogens is 292 g/mol. The second-order valence-electron chi connectivity index (χ2n) is 4.78. The zero-order valence-corrected chi connectivity index (χ0v) is 12.6. The van der Waals surface area contributed by atoms with Crippen LogP contribution >= 0.6 is 0 Å². The van der Waals surface area contributed by atoms with Crippen LogP contribution in [0.1, 0.15) is 17.3 Å². The normalized spacial score (nSPS) is 12.0. The summed E-state index contributed by atoms with van der Waals surface area (Å²) >= 11 is 0. The highest BCUT2D eigenvalue weighted by molar-refractivity contribution is 7.92. The number of oxazole rings is 1. The Balaban J connectivity index is 2.01. The summed E-state index contributed by atoms with van der Waals surface area (Å²) in [5.41, 5.74) is 2.58. The lowest BCUT2D eigenvalue weighted by Gasteiger charge is -2.07. The fourth-order valence-corrected chi connectivity index (χ4v) is 3.67. The van der Waals surface area contributed by atoms with Crippen LogP contribution in [-0.4, -0.2) is 23.6 Å². The van der Waals surface area contributed by atoms with Crippen molar-refractivity contribution >= 4 is 26.8 Å². The smallest absolute Gasteiger partial charge is 0.265 e.